The molecule has 3 N–H and O–H groups in total. The Balaban J connectivity index is 2.53. The van der Waals surface area contributed by atoms with Crippen LogP contribution in [0.15, 0.2) is 53.8 Å². The van der Waals surface area contributed by atoms with Gasteiger partial charge in [-0.25, -0.2) is 0 Å². The molecule has 4 heteroatoms. The second-order valence-corrected chi connectivity index (χ2v) is 4.00. The zero-order chi connectivity index (χ0) is 13.7. The van der Waals surface area contributed by atoms with Gasteiger partial charge in [-0.2, -0.15) is 0 Å². The summed E-state index contributed by atoms with van der Waals surface area (Å²) in [5.41, 5.74) is 9.42. The van der Waals surface area contributed by atoms with Gasteiger partial charge in [0.2, 0.25) is 0 Å². The van der Waals surface area contributed by atoms with Gasteiger partial charge >= 0.3 is 0 Å². The topological polar surface area (TPSA) is 71.5 Å². The van der Waals surface area contributed by atoms with Gasteiger partial charge in [-0.15, -0.1) is 0 Å². The van der Waals surface area contributed by atoms with Gasteiger partial charge < -0.3 is 10.8 Å². The third-order valence-corrected chi connectivity index (χ3v) is 2.72. The van der Waals surface area contributed by atoms with E-state index >= 15 is 0 Å². The summed E-state index contributed by atoms with van der Waals surface area (Å²) in [5.74, 6) is 0.214. The van der Waals surface area contributed by atoms with Gasteiger partial charge in [-0.05, 0) is 47.5 Å². The molecule has 0 aliphatic rings. The number of phenols is 1. The van der Waals surface area contributed by atoms with Crippen LogP contribution in [0.5, 0.6) is 5.75 Å². The Kier molecular flexibility index (Phi) is 3.93. The summed E-state index contributed by atoms with van der Waals surface area (Å²) in [5, 5.41) is 9.31. The van der Waals surface area contributed by atoms with Crippen molar-refractivity contribution < 1.29 is 5.11 Å². The van der Waals surface area contributed by atoms with Gasteiger partial charge in [0, 0.05) is 36.9 Å². The number of allylic oxidation sites excluding steroid dienone is 1. The summed E-state index contributed by atoms with van der Waals surface area (Å²) in [6.45, 7) is 0. The average molecular weight is 253 g/mol. The molecule has 0 atom stereocenters. The quantitative estimate of drug-likeness (QED) is 0.824. The van der Waals surface area contributed by atoms with E-state index in [0.717, 1.165) is 16.7 Å². The minimum atomic E-state index is 0.214. The van der Waals surface area contributed by atoms with Crippen molar-refractivity contribution >= 4 is 17.5 Å². The molecule has 0 aliphatic heterocycles. The van der Waals surface area contributed by atoms with Crippen LogP contribution >= 0.6 is 0 Å². The third kappa shape index (κ3) is 2.98. The van der Waals surface area contributed by atoms with Crippen molar-refractivity contribution in [3.8, 4) is 5.75 Å². The van der Waals surface area contributed by atoms with Crippen molar-refractivity contribution in [3.05, 3.63) is 59.9 Å². The zero-order valence-corrected chi connectivity index (χ0v) is 10.6. The molecule has 0 unspecified atom stereocenters. The number of hydrogen-bond donors (Lipinski definition) is 2. The van der Waals surface area contributed by atoms with E-state index in [9.17, 15) is 5.11 Å². The number of pyridine rings is 1. The van der Waals surface area contributed by atoms with Crippen LogP contribution in [0.25, 0.3) is 11.3 Å². The number of phenolic OH excluding ortho intramolecular Hbond substituents is 1. The van der Waals surface area contributed by atoms with Crippen LogP contribution in [-0.4, -0.2) is 23.4 Å². The molecule has 19 heavy (non-hydrogen) atoms. The van der Waals surface area contributed by atoms with Crippen LogP contribution in [0.4, 0.5) is 0 Å². The van der Waals surface area contributed by atoms with Gasteiger partial charge in [0.05, 0.1) is 0 Å². The lowest BCUT2D eigenvalue weighted by Gasteiger charge is -2.08. The summed E-state index contributed by atoms with van der Waals surface area (Å²) in [4.78, 5) is 8.03. The fourth-order valence-corrected chi connectivity index (χ4v) is 1.76. The van der Waals surface area contributed by atoms with Crippen molar-refractivity contribution in [1.29, 1.82) is 0 Å². The number of aromatic hydroxyl groups is 1. The van der Waals surface area contributed by atoms with Crippen molar-refractivity contribution in [2.24, 2.45) is 10.7 Å². The molecule has 0 saturated heterocycles. The highest BCUT2D eigenvalue weighted by Crippen LogP contribution is 2.22. The molecule has 1 heterocycles. The van der Waals surface area contributed by atoms with E-state index in [1.807, 2.05) is 12.1 Å². The molecule has 1 aromatic carbocycles. The van der Waals surface area contributed by atoms with E-state index in [1.54, 1.807) is 49.9 Å². The fraction of sp³-hybridized carbons (Fsp3) is 0.0667. The Morgan fingerprint density at radius 2 is 1.74 bits per heavy atom. The smallest absolute Gasteiger partial charge is 0.115 e. The summed E-state index contributed by atoms with van der Waals surface area (Å²) < 4.78 is 0. The van der Waals surface area contributed by atoms with E-state index in [4.69, 9.17) is 5.73 Å². The summed E-state index contributed by atoms with van der Waals surface area (Å²) in [7, 11) is 1.70. The lowest BCUT2D eigenvalue weighted by atomic mass is 10.0. The Morgan fingerprint density at radius 1 is 1.11 bits per heavy atom. The molecule has 2 rings (SSSR count). The van der Waals surface area contributed by atoms with Gasteiger partial charge in [0.1, 0.15) is 5.75 Å². The van der Waals surface area contributed by atoms with Crippen LogP contribution in [0.1, 0.15) is 11.1 Å². The number of nitrogens with two attached hydrogens (primary N) is 1. The molecule has 4 nitrogen and oxygen atoms in total. The SMILES string of the molecule is CN=C/C(=C(\N)c1ccc(O)cc1)c1ccncc1. The van der Waals surface area contributed by atoms with Crippen molar-refractivity contribution in [2.75, 3.05) is 7.05 Å². The maximum Gasteiger partial charge on any atom is 0.115 e. The number of rotatable bonds is 3. The Morgan fingerprint density at radius 3 is 2.32 bits per heavy atom. The average Bonchev–Trinajstić information content (AvgIpc) is 2.46. The third-order valence-electron chi connectivity index (χ3n) is 2.72. The minimum absolute atomic E-state index is 0.214. The highest BCUT2D eigenvalue weighted by molar-refractivity contribution is 6.18. The molecule has 0 saturated carbocycles. The van der Waals surface area contributed by atoms with E-state index in [0.29, 0.717) is 5.70 Å². The second-order valence-electron chi connectivity index (χ2n) is 4.00. The van der Waals surface area contributed by atoms with Crippen LogP contribution in [-0.2, 0) is 0 Å². The first kappa shape index (κ1) is 12.8. The zero-order valence-electron chi connectivity index (χ0n) is 10.6. The Bertz CT molecular complexity index is 601. The Labute approximate surface area is 112 Å². The van der Waals surface area contributed by atoms with E-state index < -0.39 is 0 Å². The summed E-state index contributed by atoms with van der Waals surface area (Å²) >= 11 is 0. The normalized spacial score (nSPS) is 12.5. The van der Waals surface area contributed by atoms with E-state index in [-0.39, 0.29) is 5.75 Å². The Hall–Kier alpha value is -2.62. The van der Waals surface area contributed by atoms with Crippen LogP contribution in [0.3, 0.4) is 0 Å². The molecular weight excluding hydrogens is 238 g/mol. The van der Waals surface area contributed by atoms with Gasteiger partial charge in [-0.1, -0.05) is 0 Å². The lowest BCUT2D eigenvalue weighted by molar-refractivity contribution is 0.475. The standard InChI is InChI=1S/C15H15N3O/c1-17-10-14(11-6-8-18-9-7-11)15(16)12-2-4-13(19)5-3-12/h2-10,19H,16H2,1H3/b15-14+,17-10?. The molecule has 96 valence electrons. The fourth-order valence-electron chi connectivity index (χ4n) is 1.76. The molecule has 2 aromatic rings. The first-order valence-corrected chi connectivity index (χ1v) is 5.84. The minimum Gasteiger partial charge on any atom is -0.508 e. The predicted molar refractivity (Wildman–Crippen MR) is 77.8 cm³/mol. The van der Waals surface area contributed by atoms with E-state index in [2.05, 4.69) is 9.98 Å². The van der Waals surface area contributed by atoms with Gasteiger partial charge in [0.25, 0.3) is 0 Å². The highest BCUT2D eigenvalue weighted by atomic mass is 16.3. The molecule has 0 spiro atoms. The lowest BCUT2D eigenvalue weighted by Crippen LogP contribution is -2.02. The van der Waals surface area contributed by atoms with Crippen molar-refractivity contribution in [3.63, 3.8) is 0 Å². The first-order valence-electron chi connectivity index (χ1n) is 5.84. The summed E-state index contributed by atoms with van der Waals surface area (Å²) in [6.07, 6.45) is 5.14. The molecule has 0 aliphatic carbocycles. The molecule has 0 amide bonds. The number of aliphatic imine (C=N–C) groups is 1. The monoisotopic (exact) mass is 253 g/mol. The van der Waals surface area contributed by atoms with Crippen molar-refractivity contribution in [2.45, 2.75) is 0 Å². The maximum atomic E-state index is 9.31. The molecule has 0 bridgehead atoms. The second kappa shape index (κ2) is 5.82. The van der Waals surface area contributed by atoms with Gasteiger partial charge in [-0.3, -0.25) is 9.98 Å². The maximum absolute atomic E-state index is 9.31. The van der Waals surface area contributed by atoms with Gasteiger partial charge in [0.15, 0.2) is 0 Å². The first-order chi connectivity index (χ1) is 9.22. The number of hydrogen-bond acceptors (Lipinski definition) is 4. The van der Waals surface area contributed by atoms with Crippen LogP contribution in [0.2, 0.25) is 0 Å². The van der Waals surface area contributed by atoms with Crippen LogP contribution in [0, 0.1) is 0 Å². The number of benzene rings is 1. The van der Waals surface area contributed by atoms with Crippen LogP contribution < -0.4 is 5.73 Å². The van der Waals surface area contributed by atoms with Crippen molar-refractivity contribution in [1.82, 2.24) is 4.98 Å². The highest BCUT2D eigenvalue weighted by Gasteiger charge is 2.06. The molecule has 0 fully saturated rings. The van der Waals surface area contributed by atoms with E-state index in [1.165, 1.54) is 0 Å². The summed E-state index contributed by atoms with van der Waals surface area (Å²) in [6, 6.07) is 10.5. The largest absolute Gasteiger partial charge is 0.508 e. The molecule has 0 radical (unpaired) electrons. The molecular formula is C15H15N3O. The number of nitrogens with zero attached hydrogens (tertiary/aromatic N) is 2. The predicted octanol–water partition coefficient (Wildman–Crippen LogP) is 2.31. The molecule has 1 aromatic heterocycles. The number of aromatic nitrogens is 1.